The predicted molar refractivity (Wildman–Crippen MR) is 174 cm³/mol. The molecule has 1 aliphatic heterocycles. The van der Waals surface area contributed by atoms with E-state index in [9.17, 15) is 9.59 Å². The summed E-state index contributed by atoms with van der Waals surface area (Å²) >= 11 is 0. The van der Waals surface area contributed by atoms with E-state index in [1.54, 1.807) is 0 Å². The first-order chi connectivity index (χ1) is 20.1. The number of esters is 1. The number of ketones is 1. The monoisotopic (exact) mass is 596 g/mol. The molecule has 0 fully saturated rings. The Morgan fingerprint density at radius 3 is 2.05 bits per heavy atom. The van der Waals surface area contributed by atoms with Gasteiger partial charge < -0.3 is 19.3 Å². The van der Waals surface area contributed by atoms with E-state index in [1.807, 2.05) is 38.1 Å². The Balaban J connectivity index is 0.00000206. The lowest BCUT2D eigenvalue weighted by Crippen LogP contribution is -2.39. The van der Waals surface area contributed by atoms with Gasteiger partial charge in [-0.05, 0) is 60.3 Å². The minimum Gasteiger partial charge on any atom is -0.491 e. The molecule has 6 heteroatoms. The van der Waals surface area contributed by atoms with Crippen molar-refractivity contribution in [2.24, 2.45) is 0 Å². The van der Waals surface area contributed by atoms with Crippen LogP contribution in [0.2, 0.25) is 0 Å². The Hall–Kier alpha value is -2.70. The number of fused-ring (bicyclic) bond motifs is 1. The molecule has 0 radical (unpaired) electrons. The summed E-state index contributed by atoms with van der Waals surface area (Å²) in [7, 11) is 0. The Morgan fingerprint density at radius 1 is 0.884 bits per heavy atom. The summed E-state index contributed by atoms with van der Waals surface area (Å²) in [4.78, 5) is 25.8. The first-order valence-electron chi connectivity index (χ1n) is 16.0. The molecule has 0 bridgehead atoms. The number of ether oxygens (including phenoxy) is 3. The molecule has 2 atom stereocenters. The molecule has 0 aliphatic carbocycles. The van der Waals surface area contributed by atoms with Crippen LogP contribution in [-0.4, -0.2) is 42.3 Å². The van der Waals surface area contributed by atoms with Crippen molar-refractivity contribution in [3.05, 3.63) is 58.7 Å². The van der Waals surface area contributed by atoms with Crippen LogP contribution in [0.15, 0.2) is 36.4 Å². The zero-order valence-corrected chi connectivity index (χ0v) is 28.4. The lowest BCUT2D eigenvalue weighted by Gasteiger charge is -2.27. The molecule has 1 heterocycles. The van der Waals surface area contributed by atoms with Gasteiger partial charge in [-0.1, -0.05) is 99.4 Å². The number of aliphatic hydroxyl groups is 1. The SMILES string of the molecule is CCC.CCC(C)(OCCOc1ccc(C2C(=O)Oc3c2cc(C(C)(C)C)cc3C(C)(C)C)cc1)C(=O)CCCCCO. The van der Waals surface area contributed by atoms with Gasteiger partial charge in [-0.3, -0.25) is 9.59 Å². The van der Waals surface area contributed by atoms with Gasteiger partial charge in [0.2, 0.25) is 0 Å². The molecule has 6 nitrogen and oxygen atoms in total. The van der Waals surface area contributed by atoms with Gasteiger partial charge in [0.25, 0.3) is 0 Å². The van der Waals surface area contributed by atoms with E-state index < -0.39 is 11.5 Å². The Bertz CT molecular complexity index is 1190. The average molecular weight is 597 g/mol. The van der Waals surface area contributed by atoms with Gasteiger partial charge in [-0.2, -0.15) is 0 Å². The highest BCUT2D eigenvalue weighted by molar-refractivity contribution is 5.90. The topological polar surface area (TPSA) is 82.1 Å². The Kier molecular flexibility index (Phi) is 13.5. The zero-order chi connectivity index (χ0) is 32.4. The third-order valence-corrected chi connectivity index (χ3v) is 7.85. The van der Waals surface area contributed by atoms with Gasteiger partial charge in [0.1, 0.15) is 29.6 Å². The molecule has 1 aliphatic rings. The molecule has 1 N–H and O–H groups in total. The van der Waals surface area contributed by atoms with E-state index in [0.717, 1.165) is 29.5 Å². The van der Waals surface area contributed by atoms with Crippen molar-refractivity contribution in [2.75, 3.05) is 19.8 Å². The Morgan fingerprint density at radius 2 is 1.51 bits per heavy atom. The van der Waals surface area contributed by atoms with Crippen LogP contribution in [0.3, 0.4) is 0 Å². The van der Waals surface area contributed by atoms with Crippen LogP contribution in [0.4, 0.5) is 0 Å². The number of benzene rings is 2. The van der Waals surface area contributed by atoms with E-state index in [1.165, 1.54) is 12.0 Å². The van der Waals surface area contributed by atoms with E-state index in [-0.39, 0.29) is 29.2 Å². The summed E-state index contributed by atoms with van der Waals surface area (Å²) in [5.74, 6) is 0.712. The largest absolute Gasteiger partial charge is 0.491 e. The highest BCUT2D eigenvalue weighted by Crippen LogP contribution is 2.47. The van der Waals surface area contributed by atoms with Crippen molar-refractivity contribution in [3.8, 4) is 11.5 Å². The van der Waals surface area contributed by atoms with Crippen LogP contribution in [-0.2, 0) is 25.2 Å². The Labute approximate surface area is 260 Å². The molecule has 0 saturated heterocycles. The molecule has 0 saturated carbocycles. The second-order valence-corrected chi connectivity index (χ2v) is 13.8. The molecule has 240 valence electrons. The number of hydrogen-bond donors (Lipinski definition) is 1. The molecule has 43 heavy (non-hydrogen) atoms. The van der Waals surface area contributed by atoms with Gasteiger partial charge in [-0.15, -0.1) is 0 Å². The number of Topliss-reactive ketones (excluding diaryl/α,β-unsaturated/α-hetero) is 1. The molecule has 3 rings (SSSR count). The second-order valence-electron chi connectivity index (χ2n) is 13.8. The van der Waals surface area contributed by atoms with Crippen molar-refractivity contribution in [3.63, 3.8) is 0 Å². The summed E-state index contributed by atoms with van der Waals surface area (Å²) in [5, 5.41) is 8.92. The summed E-state index contributed by atoms with van der Waals surface area (Å²) in [5.41, 5.74) is 2.95. The average Bonchev–Trinajstić information content (AvgIpc) is 3.27. The second kappa shape index (κ2) is 15.9. The lowest BCUT2D eigenvalue weighted by atomic mass is 9.77. The zero-order valence-electron chi connectivity index (χ0n) is 28.4. The van der Waals surface area contributed by atoms with Crippen LogP contribution in [0.1, 0.15) is 136 Å². The molecule has 0 aromatic heterocycles. The van der Waals surface area contributed by atoms with Crippen molar-refractivity contribution in [1.82, 2.24) is 0 Å². The van der Waals surface area contributed by atoms with E-state index in [4.69, 9.17) is 19.3 Å². The smallest absolute Gasteiger partial charge is 0.323 e. The quantitative estimate of drug-likeness (QED) is 0.142. The first kappa shape index (κ1) is 36.5. The summed E-state index contributed by atoms with van der Waals surface area (Å²) < 4.78 is 17.8. The standard InChI is InChI=1S/C34H48O6.C3H8/c1-9-34(8,28(36)13-11-10-12-18-35)39-20-19-38-25-16-14-23(15-17-25)29-26-21-24(32(2,3)4)22-27(33(5,6)7)30(26)40-31(29)37;1-3-2/h14-17,21-22,29,35H,9-13,18-20H2,1-8H3;3H2,1-2H3. The van der Waals surface area contributed by atoms with Crippen LogP contribution in [0, 0.1) is 0 Å². The fourth-order valence-corrected chi connectivity index (χ4v) is 4.97. The molecular weight excluding hydrogens is 540 g/mol. The van der Waals surface area contributed by atoms with E-state index in [0.29, 0.717) is 44.0 Å². The van der Waals surface area contributed by atoms with Crippen molar-refractivity contribution in [1.29, 1.82) is 0 Å². The minimum atomic E-state index is -0.833. The maximum atomic E-state index is 13.1. The summed E-state index contributed by atoms with van der Waals surface area (Å²) in [6.45, 7) is 21.8. The number of carbonyl (C=O) groups is 2. The lowest BCUT2D eigenvalue weighted by molar-refractivity contribution is -0.144. The normalized spacial score (nSPS) is 16.1. The molecule has 0 spiro atoms. The predicted octanol–water partition coefficient (Wildman–Crippen LogP) is 8.43. The maximum absolute atomic E-state index is 13.1. The summed E-state index contributed by atoms with van der Waals surface area (Å²) in [6.07, 6.45) is 4.60. The molecule has 2 aromatic carbocycles. The first-order valence-corrected chi connectivity index (χ1v) is 16.0. The van der Waals surface area contributed by atoms with Gasteiger partial charge in [0, 0.05) is 24.2 Å². The van der Waals surface area contributed by atoms with Crippen LogP contribution in [0.25, 0.3) is 0 Å². The van der Waals surface area contributed by atoms with Crippen molar-refractivity contribution < 1.29 is 28.9 Å². The van der Waals surface area contributed by atoms with Gasteiger partial charge in [-0.25, -0.2) is 0 Å². The molecule has 0 amide bonds. The highest BCUT2D eigenvalue weighted by atomic mass is 16.5. The highest BCUT2D eigenvalue weighted by Gasteiger charge is 2.39. The number of hydrogen-bond acceptors (Lipinski definition) is 6. The van der Waals surface area contributed by atoms with E-state index in [2.05, 4.69) is 67.5 Å². The number of unbranched alkanes of at least 4 members (excludes halogenated alkanes) is 2. The fourth-order valence-electron chi connectivity index (χ4n) is 4.97. The van der Waals surface area contributed by atoms with Gasteiger partial charge in [0.05, 0.1) is 6.61 Å². The van der Waals surface area contributed by atoms with Gasteiger partial charge in [0.15, 0.2) is 5.78 Å². The van der Waals surface area contributed by atoms with Crippen LogP contribution in [0.5, 0.6) is 11.5 Å². The number of rotatable bonds is 13. The molecule has 2 aromatic rings. The third kappa shape index (κ3) is 9.90. The number of carbonyl (C=O) groups excluding carboxylic acids is 2. The third-order valence-electron chi connectivity index (χ3n) is 7.85. The van der Waals surface area contributed by atoms with Crippen molar-refractivity contribution >= 4 is 11.8 Å². The van der Waals surface area contributed by atoms with E-state index >= 15 is 0 Å². The number of aliphatic hydroxyl groups excluding tert-OH is 1. The van der Waals surface area contributed by atoms with Crippen molar-refractivity contribution in [2.45, 2.75) is 130 Å². The minimum absolute atomic E-state index is 0.0661. The fraction of sp³-hybridized carbons (Fsp3) is 0.622. The molecule has 2 unspecified atom stereocenters. The van der Waals surface area contributed by atoms with Crippen LogP contribution >= 0.6 is 0 Å². The summed E-state index contributed by atoms with van der Waals surface area (Å²) in [6, 6.07) is 11.9. The van der Waals surface area contributed by atoms with Crippen LogP contribution < -0.4 is 9.47 Å². The maximum Gasteiger partial charge on any atom is 0.323 e. The van der Waals surface area contributed by atoms with Gasteiger partial charge >= 0.3 is 5.97 Å². The molecular formula is C37H56O6.